The van der Waals surface area contributed by atoms with Crippen molar-refractivity contribution in [1.82, 2.24) is 20.3 Å². The Morgan fingerprint density at radius 3 is 2.16 bits per heavy atom. The van der Waals surface area contributed by atoms with Crippen LogP contribution in [0.4, 0.5) is 18.0 Å². The van der Waals surface area contributed by atoms with E-state index in [4.69, 9.17) is 10.1 Å². The maximum absolute atomic E-state index is 14.1. The Bertz CT molecular complexity index is 1670. The predicted molar refractivity (Wildman–Crippen MR) is 157 cm³/mol. The number of hydrogen-bond donors (Lipinski definition) is 4. The highest BCUT2D eigenvalue weighted by atomic mass is 32.2. The molecular weight excluding hydrogens is 615 g/mol. The first-order chi connectivity index (χ1) is 21.3. The summed E-state index contributed by atoms with van der Waals surface area (Å²) in [5.41, 5.74) is -0.464. The fourth-order valence-electron chi connectivity index (χ4n) is 4.85. The summed E-state index contributed by atoms with van der Waals surface area (Å²) in [6.07, 6.45) is -5.36. The van der Waals surface area contributed by atoms with Crippen molar-refractivity contribution in [3.63, 3.8) is 0 Å². The number of amides is 3. The molecule has 1 heterocycles. The molecule has 0 aromatic heterocycles. The van der Waals surface area contributed by atoms with E-state index in [9.17, 15) is 36.0 Å². The minimum atomic E-state index is -4.79. The second-order valence-corrected chi connectivity index (χ2v) is 12.0. The number of nitrogens with zero attached hydrogens (tertiary/aromatic N) is 1. The molecule has 1 aliphatic rings. The molecule has 0 radical (unpaired) electrons. The summed E-state index contributed by atoms with van der Waals surface area (Å²) < 4.78 is 73.3. The monoisotopic (exact) mass is 645 g/mol. The van der Waals surface area contributed by atoms with Crippen molar-refractivity contribution in [3.8, 4) is 0 Å². The Morgan fingerprint density at radius 2 is 1.56 bits per heavy atom. The van der Waals surface area contributed by atoms with E-state index >= 15 is 0 Å². The Balaban J connectivity index is 1.37. The molecule has 3 aromatic carbocycles. The van der Waals surface area contributed by atoms with Crippen LogP contribution in [0.1, 0.15) is 56.2 Å². The highest BCUT2D eigenvalue weighted by molar-refractivity contribution is 7.89. The van der Waals surface area contributed by atoms with Gasteiger partial charge in [-0.25, -0.2) is 17.9 Å². The lowest BCUT2D eigenvalue weighted by atomic mass is 9.85. The van der Waals surface area contributed by atoms with Crippen LogP contribution in [0.2, 0.25) is 0 Å². The fraction of sp³-hybridized carbons (Fsp3) is 0.267. The summed E-state index contributed by atoms with van der Waals surface area (Å²) in [5.74, 6) is -2.73. The van der Waals surface area contributed by atoms with Crippen LogP contribution in [-0.4, -0.2) is 57.3 Å². The van der Waals surface area contributed by atoms with Gasteiger partial charge in [0, 0.05) is 24.2 Å². The van der Waals surface area contributed by atoms with Crippen molar-refractivity contribution in [2.75, 3.05) is 20.1 Å². The van der Waals surface area contributed by atoms with Crippen LogP contribution in [0.3, 0.4) is 0 Å². The molecule has 3 aromatic rings. The van der Waals surface area contributed by atoms with E-state index in [1.807, 2.05) is 10.6 Å². The SMILES string of the molecule is CNS(=O)(=O)c1ccc(C(=O)N2CCC(c3ccc(C(=O)NC(=N)NC(=O)OCc4ccccc4)cc3C(F)(F)F)CC2)cc1. The largest absolute Gasteiger partial charge is 0.444 e. The van der Waals surface area contributed by atoms with Crippen LogP contribution in [0.5, 0.6) is 0 Å². The topological polar surface area (TPSA) is 158 Å². The number of alkyl carbamates (subject to hydrolysis) is 1. The van der Waals surface area contributed by atoms with E-state index in [0.29, 0.717) is 11.6 Å². The Morgan fingerprint density at radius 1 is 0.933 bits per heavy atom. The lowest BCUT2D eigenvalue weighted by Crippen LogP contribution is -2.43. The average Bonchev–Trinajstić information content (AvgIpc) is 3.03. The standard InChI is InChI=1S/C30H30F3N5O6S/c1-35-45(42,43)23-10-7-21(8-11-23)27(40)38-15-13-20(14-16-38)24-12-9-22(17-25(24)30(31,32)33)26(39)36-28(34)37-29(41)44-18-19-5-3-2-4-6-19/h2-12,17,20,35H,13-16,18H2,1H3,(H3,34,36,37,39,41). The number of ether oxygens (including phenoxy) is 1. The smallest absolute Gasteiger partial charge is 0.416 e. The average molecular weight is 646 g/mol. The van der Waals surface area contributed by atoms with Gasteiger partial charge in [-0.1, -0.05) is 36.4 Å². The van der Waals surface area contributed by atoms with Gasteiger partial charge in [-0.15, -0.1) is 0 Å². The van der Waals surface area contributed by atoms with E-state index in [2.05, 4.69) is 4.72 Å². The first kappa shape index (κ1) is 33.1. The zero-order valence-corrected chi connectivity index (χ0v) is 24.8. The van der Waals surface area contributed by atoms with Crippen LogP contribution in [0.15, 0.2) is 77.7 Å². The molecule has 238 valence electrons. The number of benzene rings is 3. The quantitative estimate of drug-likeness (QED) is 0.223. The molecule has 1 aliphatic heterocycles. The number of piperidine rings is 1. The fourth-order valence-corrected chi connectivity index (χ4v) is 5.58. The number of carbonyl (C=O) groups is 3. The molecule has 11 nitrogen and oxygen atoms in total. The second-order valence-electron chi connectivity index (χ2n) is 10.1. The Labute approximate surface area is 257 Å². The van der Waals surface area contributed by atoms with Crippen LogP contribution >= 0.6 is 0 Å². The van der Waals surface area contributed by atoms with E-state index in [0.717, 1.165) is 0 Å². The second kappa shape index (κ2) is 13.9. The van der Waals surface area contributed by atoms with Gasteiger partial charge < -0.3 is 9.64 Å². The summed E-state index contributed by atoms with van der Waals surface area (Å²) in [4.78, 5) is 39.0. The van der Waals surface area contributed by atoms with Crippen LogP contribution in [-0.2, 0) is 27.5 Å². The molecule has 3 amide bonds. The molecule has 0 spiro atoms. The molecule has 0 unspecified atom stereocenters. The third-order valence-corrected chi connectivity index (χ3v) is 8.63. The summed E-state index contributed by atoms with van der Waals surface area (Å²) >= 11 is 0. The van der Waals surface area contributed by atoms with Gasteiger partial charge in [0.25, 0.3) is 11.8 Å². The lowest BCUT2D eigenvalue weighted by Gasteiger charge is -2.33. The molecule has 4 rings (SSSR count). The van der Waals surface area contributed by atoms with Gasteiger partial charge in [0.15, 0.2) is 0 Å². The van der Waals surface area contributed by atoms with Crippen LogP contribution in [0.25, 0.3) is 0 Å². The van der Waals surface area contributed by atoms with Gasteiger partial charge in [0.1, 0.15) is 6.61 Å². The van der Waals surface area contributed by atoms with Crippen molar-refractivity contribution < 1.29 is 40.7 Å². The van der Waals surface area contributed by atoms with Crippen molar-refractivity contribution in [1.29, 1.82) is 5.41 Å². The van der Waals surface area contributed by atoms with Crippen molar-refractivity contribution >= 4 is 33.9 Å². The van der Waals surface area contributed by atoms with Gasteiger partial charge in [-0.05, 0) is 73.3 Å². The minimum Gasteiger partial charge on any atom is -0.444 e. The number of sulfonamides is 1. The van der Waals surface area contributed by atoms with Gasteiger partial charge in [-0.2, -0.15) is 13.2 Å². The first-order valence-corrected chi connectivity index (χ1v) is 15.2. The number of rotatable bonds is 7. The first-order valence-electron chi connectivity index (χ1n) is 13.7. The van der Waals surface area contributed by atoms with Gasteiger partial charge in [0.05, 0.1) is 10.5 Å². The van der Waals surface area contributed by atoms with Crippen molar-refractivity contribution in [2.24, 2.45) is 0 Å². The third-order valence-electron chi connectivity index (χ3n) is 7.20. The third kappa shape index (κ3) is 8.45. The molecule has 4 N–H and O–H groups in total. The highest BCUT2D eigenvalue weighted by Gasteiger charge is 2.37. The normalized spacial score (nSPS) is 14.0. The van der Waals surface area contributed by atoms with Gasteiger partial charge >= 0.3 is 12.3 Å². The summed E-state index contributed by atoms with van der Waals surface area (Å²) in [7, 11) is -2.41. The van der Waals surface area contributed by atoms with E-state index < -0.39 is 45.6 Å². The molecule has 1 saturated heterocycles. The molecule has 0 saturated carbocycles. The number of halogens is 3. The molecule has 45 heavy (non-hydrogen) atoms. The van der Waals surface area contributed by atoms with Crippen molar-refractivity contribution in [3.05, 3.63) is 101 Å². The van der Waals surface area contributed by atoms with Gasteiger partial charge in [0.2, 0.25) is 16.0 Å². The summed E-state index contributed by atoms with van der Waals surface area (Å²) in [6, 6.07) is 17.2. The molecule has 0 atom stereocenters. The minimum absolute atomic E-state index is 0.00786. The number of hydrogen-bond acceptors (Lipinski definition) is 7. The molecule has 0 aliphatic carbocycles. The van der Waals surface area contributed by atoms with E-state index in [1.54, 1.807) is 30.3 Å². The maximum Gasteiger partial charge on any atom is 0.416 e. The van der Waals surface area contributed by atoms with E-state index in [1.165, 1.54) is 48.3 Å². The zero-order chi connectivity index (χ0) is 32.8. The van der Waals surface area contributed by atoms with Crippen LogP contribution in [0, 0.1) is 5.41 Å². The summed E-state index contributed by atoms with van der Waals surface area (Å²) in [6.45, 7) is 0.249. The maximum atomic E-state index is 14.1. The zero-order valence-electron chi connectivity index (χ0n) is 24.0. The number of nitrogens with one attached hydrogen (secondary N) is 4. The Kier molecular flexibility index (Phi) is 10.2. The molecular formula is C30H30F3N5O6S. The van der Waals surface area contributed by atoms with Gasteiger partial charge in [-0.3, -0.25) is 25.6 Å². The molecule has 15 heteroatoms. The number of guanidine groups is 1. The predicted octanol–water partition coefficient (Wildman–Crippen LogP) is 4.22. The Hall–Kier alpha value is -4.76. The number of likely N-dealkylation sites (tertiary alicyclic amines) is 1. The summed E-state index contributed by atoms with van der Waals surface area (Å²) in [5, 5.41) is 11.8. The molecule has 0 bridgehead atoms. The van der Waals surface area contributed by atoms with Crippen LogP contribution < -0.4 is 15.4 Å². The molecule has 1 fully saturated rings. The number of alkyl halides is 3. The highest BCUT2D eigenvalue weighted by Crippen LogP contribution is 2.39. The number of carbonyl (C=O) groups excluding carboxylic acids is 3. The lowest BCUT2D eigenvalue weighted by molar-refractivity contribution is -0.138. The van der Waals surface area contributed by atoms with Crippen molar-refractivity contribution in [2.45, 2.75) is 36.4 Å². The van der Waals surface area contributed by atoms with E-state index in [-0.39, 0.29) is 60.0 Å².